The molecule has 8 nitrogen and oxygen atoms in total. The molecule has 0 unspecified atom stereocenters. The molecule has 3 rings (SSSR count). The van der Waals surface area contributed by atoms with Gasteiger partial charge in [-0.15, -0.1) is 0 Å². The van der Waals surface area contributed by atoms with Crippen LogP contribution in [0.15, 0.2) is 42.5 Å². The molecule has 1 aliphatic heterocycles. The van der Waals surface area contributed by atoms with Crippen molar-refractivity contribution < 1.29 is 28.3 Å². The summed E-state index contributed by atoms with van der Waals surface area (Å²) in [6.45, 7) is 6.43. The molecule has 39 heavy (non-hydrogen) atoms. The van der Waals surface area contributed by atoms with E-state index in [0.717, 1.165) is 30.2 Å². The van der Waals surface area contributed by atoms with Crippen molar-refractivity contribution in [2.75, 3.05) is 32.7 Å². The Morgan fingerprint density at radius 3 is 2.26 bits per heavy atom. The van der Waals surface area contributed by atoms with Crippen LogP contribution in [-0.2, 0) is 33.8 Å². The van der Waals surface area contributed by atoms with Crippen LogP contribution in [0.2, 0.25) is 0 Å². The lowest BCUT2D eigenvalue weighted by atomic mass is 10.0. The molecular weight excluding hydrogens is 506 g/mol. The number of halogens is 2. The molecule has 2 atom stereocenters. The Morgan fingerprint density at radius 2 is 1.64 bits per heavy atom. The normalized spacial score (nSPS) is 16.0. The van der Waals surface area contributed by atoms with Crippen molar-refractivity contribution in [1.29, 1.82) is 0 Å². The molecule has 2 aromatic rings. The minimum absolute atomic E-state index is 0.0192. The van der Waals surface area contributed by atoms with Crippen molar-refractivity contribution >= 4 is 17.7 Å². The van der Waals surface area contributed by atoms with Crippen LogP contribution >= 0.6 is 0 Å². The fourth-order valence-corrected chi connectivity index (χ4v) is 4.62. The largest absolute Gasteiger partial charge is 0.390 e. The highest BCUT2D eigenvalue weighted by molar-refractivity contribution is 6.00. The molecule has 2 aromatic carbocycles. The first-order valence-corrected chi connectivity index (χ1v) is 13.3. The first-order chi connectivity index (χ1) is 18.5. The smallest absolute Gasteiger partial charge is 0.243 e. The third kappa shape index (κ3) is 9.49. The van der Waals surface area contributed by atoms with Gasteiger partial charge in [0.05, 0.1) is 31.8 Å². The molecule has 212 valence electrons. The molecule has 1 fully saturated rings. The first kappa shape index (κ1) is 30.3. The van der Waals surface area contributed by atoms with Crippen molar-refractivity contribution in [1.82, 2.24) is 20.4 Å². The number of aryl methyl sites for hydroxylation is 1. The molecule has 0 aromatic heterocycles. The number of carbonyl (C=O) groups excluding carboxylic acids is 3. The molecule has 3 N–H and O–H groups in total. The van der Waals surface area contributed by atoms with Gasteiger partial charge in [0.1, 0.15) is 11.6 Å². The summed E-state index contributed by atoms with van der Waals surface area (Å²) in [7, 11) is 0. The Labute approximate surface area is 228 Å². The van der Waals surface area contributed by atoms with Gasteiger partial charge in [0, 0.05) is 25.7 Å². The highest BCUT2D eigenvalue weighted by Gasteiger charge is 2.32. The van der Waals surface area contributed by atoms with Crippen molar-refractivity contribution in [3.05, 3.63) is 70.8 Å². The number of aliphatic hydroxyl groups excluding tert-OH is 1. The summed E-state index contributed by atoms with van der Waals surface area (Å²) in [4.78, 5) is 40.5. The van der Waals surface area contributed by atoms with Crippen LogP contribution in [-0.4, -0.2) is 77.5 Å². The van der Waals surface area contributed by atoms with Crippen molar-refractivity contribution in [3.63, 3.8) is 0 Å². The zero-order valence-corrected chi connectivity index (χ0v) is 22.8. The third-order valence-corrected chi connectivity index (χ3v) is 6.51. The number of benzene rings is 2. The summed E-state index contributed by atoms with van der Waals surface area (Å²) in [6.07, 6.45) is -0.200. The van der Waals surface area contributed by atoms with E-state index in [4.69, 9.17) is 0 Å². The maximum Gasteiger partial charge on any atom is 0.243 e. The highest BCUT2D eigenvalue weighted by Crippen LogP contribution is 2.13. The summed E-state index contributed by atoms with van der Waals surface area (Å²) in [5.41, 5.74) is 2.51. The highest BCUT2D eigenvalue weighted by atomic mass is 19.1. The van der Waals surface area contributed by atoms with Gasteiger partial charge in [-0.05, 0) is 47.6 Å². The second kappa shape index (κ2) is 14.3. The number of piperazine rings is 1. The van der Waals surface area contributed by atoms with Crippen LogP contribution in [0.3, 0.4) is 0 Å². The van der Waals surface area contributed by atoms with Crippen LogP contribution in [0.5, 0.6) is 0 Å². The Morgan fingerprint density at radius 1 is 1.00 bits per heavy atom. The van der Waals surface area contributed by atoms with Crippen LogP contribution < -0.4 is 10.6 Å². The Bertz CT molecular complexity index is 1120. The van der Waals surface area contributed by atoms with E-state index in [1.54, 1.807) is 0 Å². The van der Waals surface area contributed by atoms with Crippen LogP contribution in [0.25, 0.3) is 0 Å². The summed E-state index contributed by atoms with van der Waals surface area (Å²) < 4.78 is 27.6. The van der Waals surface area contributed by atoms with Gasteiger partial charge < -0.3 is 15.7 Å². The van der Waals surface area contributed by atoms with Crippen molar-refractivity contribution in [3.8, 4) is 0 Å². The van der Waals surface area contributed by atoms with Gasteiger partial charge in [-0.2, -0.15) is 0 Å². The summed E-state index contributed by atoms with van der Waals surface area (Å²) in [5, 5.41) is 16.9. The van der Waals surface area contributed by atoms with E-state index in [1.807, 2.05) is 32.0 Å². The van der Waals surface area contributed by atoms with Gasteiger partial charge in [0.25, 0.3) is 0 Å². The molecule has 0 radical (unpaired) electrons. The molecule has 0 saturated carbocycles. The lowest BCUT2D eigenvalue weighted by molar-refractivity contribution is -0.152. The number of nitrogens with one attached hydrogen (secondary N) is 2. The molecule has 10 heteroatoms. The Kier molecular flexibility index (Phi) is 11.1. The lowest BCUT2D eigenvalue weighted by Crippen LogP contribution is -2.57. The van der Waals surface area contributed by atoms with Crippen LogP contribution in [0, 0.1) is 17.6 Å². The quantitative estimate of drug-likeness (QED) is 0.334. The standard InChI is InChI=1S/C29H38F2N4O4/c1-4-20-6-5-7-21(8-20)13-32-14-26(36)25(11-22-9-23(30)12-24(31)10-22)33-27(37)16-34-17-28(38)35(15-19(2)3)29(39)18-34/h5-10,12,19,25-26,32,36H,4,11,13-18H2,1-3H3,(H,33,37)/t25-,26-/m0/s1. The number of hydrogen-bond donors (Lipinski definition) is 3. The SMILES string of the molecule is CCc1cccc(CNC[C@H](O)[C@H](Cc2cc(F)cc(F)c2)NC(=O)CN2CC(=O)N(CC(C)C)C(=O)C2)c1. The van der Waals surface area contributed by atoms with Gasteiger partial charge in [0.15, 0.2) is 0 Å². The molecule has 0 bridgehead atoms. The van der Waals surface area contributed by atoms with E-state index in [2.05, 4.69) is 23.6 Å². The number of imide groups is 1. The van der Waals surface area contributed by atoms with Gasteiger partial charge in [-0.3, -0.25) is 24.2 Å². The minimum atomic E-state index is -1.08. The van der Waals surface area contributed by atoms with E-state index >= 15 is 0 Å². The average molecular weight is 545 g/mol. The molecule has 0 spiro atoms. The number of amides is 3. The van der Waals surface area contributed by atoms with Crippen LogP contribution in [0.4, 0.5) is 8.78 Å². The summed E-state index contributed by atoms with van der Waals surface area (Å²) in [6, 6.07) is 10.2. The van der Waals surface area contributed by atoms with Gasteiger partial charge in [0.2, 0.25) is 17.7 Å². The average Bonchev–Trinajstić information content (AvgIpc) is 2.85. The third-order valence-electron chi connectivity index (χ3n) is 6.51. The van der Waals surface area contributed by atoms with E-state index in [0.29, 0.717) is 13.1 Å². The Hall–Kier alpha value is -3.21. The zero-order valence-electron chi connectivity index (χ0n) is 22.8. The molecule has 1 heterocycles. The van der Waals surface area contributed by atoms with E-state index in [1.165, 1.54) is 15.4 Å². The van der Waals surface area contributed by atoms with E-state index < -0.39 is 29.7 Å². The minimum Gasteiger partial charge on any atom is -0.390 e. The molecule has 1 aliphatic rings. The maximum absolute atomic E-state index is 13.8. The number of carbonyl (C=O) groups is 3. The summed E-state index contributed by atoms with van der Waals surface area (Å²) in [5.74, 6) is -2.62. The van der Waals surface area contributed by atoms with Crippen LogP contribution in [0.1, 0.15) is 37.5 Å². The maximum atomic E-state index is 13.8. The Balaban J connectivity index is 1.64. The molecule has 3 amide bonds. The zero-order chi connectivity index (χ0) is 28.5. The van der Waals surface area contributed by atoms with Crippen molar-refractivity contribution in [2.45, 2.75) is 52.3 Å². The molecule has 1 saturated heterocycles. The fourth-order valence-electron chi connectivity index (χ4n) is 4.62. The molecule has 0 aliphatic carbocycles. The van der Waals surface area contributed by atoms with Gasteiger partial charge in [-0.25, -0.2) is 8.78 Å². The van der Waals surface area contributed by atoms with E-state index in [9.17, 15) is 28.3 Å². The second-order valence-electron chi connectivity index (χ2n) is 10.5. The topological polar surface area (TPSA) is 102 Å². The van der Waals surface area contributed by atoms with Gasteiger partial charge >= 0.3 is 0 Å². The van der Waals surface area contributed by atoms with Gasteiger partial charge in [-0.1, -0.05) is 45.0 Å². The van der Waals surface area contributed by atoms with Crippen molar-refractivity contribution in [2.24, 2.45) is 5.92 Å². The molecular formula is C29H38F2N4O4. The summed E-state index contributed by atoms with van der Waals surface area (Å²) >= 11 is 0. The second-order valence-corrected chi connectivity index (χ2v) is 10.5. The predicted molar refractivity (Wildman–Crippen MR) is 144 cm³/mol. The fraction of sp³-hybridized carbons (Fsp3) is 0.483. The number of rotatable bonds is 13. The first-order valence-electron chi connectivity index (χ1n) is 13.3. The number of aliphatic hydroxyl groups is 1. The predicted octanol–water partition coefficient (Wildman–Crippen LogP) is 2.03. The lowest BCUT2D eigenvalue weighted by Gasteiger charge is -2.33. The van der Waals surface area contributed by atoms with E-state index in [-0.39, 0.29) is 55.9 Å². The monoisotopic (exact) mass is 544 g/mol. The number of hydrogen-bond acceptors (Lipinski definition) is 6. The number of nitrogens with zero attached hydrogens (tertiary/aromatic N) is 2.